The molecule has 1 saturated heterocycles. The van der Waals surface area contributed by atoms with Gasteiger partial charge in [-0.2, -0.15) is 0 Å². The number of amides is 1. The molecule has 1 atom stereocenters. The quantitative estimate of drug-likeness (QED) is 0.829. The maximum absolute atomic E-state index is 13.0. The largest absolute Gasteiger partial charge is 0.324 e. The summed E-state index contributed by atoms with van der Waals surface area (Å²) >= 11 is 5.92. The number of anilines is 1. The van der Waals surface area contributed by atoms with Crippen LogP contribution >= 0.6 is 24.0 Å². The third-order valence-corrected chi connectivity index (χ3v) is 3.93. The lowest BCUT2D eigenvalue weighted by molar-refractivity contribution is -0.117. The molecule has 0 aliphatic carbocycles. The van der Waals surface area contributed by atoms with E-state index in [0.29, 0.717) is 18.3 Å². The Bertz CT molecular complexity index is 496. The van der Waals surface area contributed by atoms with E-state index in [1.165, 1.54) is 18.2 Å². The first-order valence-electron chi connectivity index (χ1n) is 7.30. The molecule has 1 aliphatic heterocycles. The van der Waals surface area contributed by atoms with Gasteiger partial charge in [0.2, 0.25) is 5.91 Å². The second kappa shape index (κ2) is 9.30. The number of carbonyl (C=O) groups excluding carboxylic acids is 1. The topological polar surface area (TPSA) is 44.4 Å². The molecule has 1 amide bonds. The highest BCUT2D eigenvalue weighted by molar-refractivity contribution is 6.33. The van der Waals surface area contributed by atoms with E-state index in [1.54, 1.807) is 0 Å². The molecule has 1 heterocycles. The number of hydrogen-bond donors (Lipinski definition) is 2. The number of benzene rings is 1. The molecule has 22 heavy (non-hydrogen) atoms. The van der Waals surface area contributed by atoms with Crippen molar-refractivity contribution in [2.24, 2.45) is 0 Å². The fourth-order valence-electron chi connectivity index (χ4n) is 2.59. The van der Waals surface area contributed by atoms with Gasteiger partial charge < -0.3 is 10.6 Å². The van der Waals surface area contributed by atoms with Crippen molar-refractivity contribution in [3.8, 4) is 0 Å². The van der Waals surface area contributed by atoms with E-state index < -0.39 is 5.82 Å². The number of halogens is 3. The molecule has 124 valence electrons. The third-order valence-electron chi connectivity index (χ3n) is 3.61. The summed E-state index contributed by atoms with van der Waals surface area (Å²) in [4.78, 5) is 14.4. The zero-order chi connectivity index (χ0) is 15.2. The van der Waals surface area contributed by atoms with E-state index in [0.717, 1.165) is 32.5 Å². The second-order valence-electron chi connectivity index (χ2n) is 5.29. The van der Waals surface area contributed by atoms with Gasteiger partial charge in [-0.1, -0.05) is 18.5 Å². The highest BCUT2D eigenvalue weighted by Gasteiger charge is 2.23. The summed E-state index contributed by atoms with van der Waals surface area (Å²) in [5.41, 5.74) is 0.448. The molecule has 1 aromatic rings. The van der Waals surface area contributed by atoms with Crippen LogP contribution in [0.1, 0.15) is 19.8 Å². The lowest BCUT2D eigenvalue weighted by Gasteiger charge is -2.27. The summed E-state index contributed by atoms with van der Waals surface area (Å²) in [6, 6.07) is 4.37. The standard InChI is InChI=1S/C15H21ClFN3O.ClH/c1-2-7-20(12-5-6-18-9-12)10-15(21)19-14-4-3-11(17)8-13(14)16;/h3-4,8,12,18H,2,5-7,9-10H2,1H3,(H,19,21);1H. The molecule has 0 radical (unpaired) electrons. The Morgan fingerprint density at radius 1 is 1.55 bits per heavy atom. The fourth-order valence-corrected chi connectivity index (χ4v) is 2.81. The predicted octanol–water partition coefficient (Wildman–Crippen LogP) is 2.91. The smallest absolute Gasteiger partial charge is 0.238 e. The fraction of sp³-hybridized carbons (Fsp3) is 0.533. The number of hydrogen-bond acceptors (Lipinski definition) is 3. The number of carbonyl (C=O) groups is 1. The molecule has 2 rings (SSSR count). The first kappa shape index (κ1) is 19.2. The van der Waals surface area contributed by atoms with Crippen molar-refractivity contribution < 1.29 is 9.18 Å². The van der Waals surface area contributed by atoms with Gasteiger partial charge in [0.15, 0.2) is 0 Å². The van der Waals surface area contributed by atoms with Crippen molar-refractivity contribution >= 4 is 35.6 Å². The molecule has 1 aromatic carbocycles. The number of rotatable bonds is 6. The van der Waals surface area contributed by atoms with Crippen LogP contribution in [-0.2, 0) is 4.79 Å². The van der Waals surface area contributed by atoms with Crippen molar-refractivity contribution in [1.29, 1.82) is 0 Å². The molecular formula is C15H22Cl2FN3O. The first-order chi connectivity index (χ1) is 10.1. The lowest BCUT2D eigenvalue weighted by atomic mass is 10.2. The average molecular weight is 350 g/mol. The summed E-state index contributed by atoms with van der Waals surface area (Å²) in [6.07, 6.45) is 2.06. The van der Waals surface area contributed by atoms with Crippen LogP contribution < -0.4 is 10.6 Å². The van der Waals surface area contributed by atoms with Gasteiger partial charge in [0, 0.05) is 12.6 Å². The van der Waals surface area contributed by atoms with Crippen LogP contribution in [0.3, 0.4) is 0 Å². The van der Waals surface area contributed by atoms with Crippen molar-refractivity contribution in [3.05, 3.63) is 29.0 Å². The van der Waals surface area contributed by atoms with Crippen LogP contribution in [0.4, 0.5) is 10.1 Å². The first-order valence-corrected chi connectivity index (χ1v) is 7.67. The van der Waals surface area contributed by atoms with Gasteiger partial charge in [-0.25, -0.2) is 4.39 Å². The van der Waals surface area contributed by atoms with Crippen molar-refractivity contribution in [3.63, 3.8) is 0 Å². The minimum Gasteiger partial charge on any atom is -0.324 e. The molecule has 0 bridgehead atoms. The predicted molar refractivity (Wildman–Crippen MR) is 90.4 cm³/mol. The molecule has 4 nitrogen and oxygen atoms in total. The van der Waals surface area contributed by atoms with Crippen LogP contribution in [0.15, 0.2) is 18.2 Å². The Kier molecular flexibility index (Phi) is 8.10. The Morgan fingerprint density at radius 2 is 2.32 bits per heavy atom. The summed E-state index contributed by atoms with van der Waals surface area (Å²) in [5.74, 6) is -0.536. The molecule has 1 fully saturated rings. The number of nitrogens with one attached hydrogen (secondary N) is 2. The van der Waals surface area contributed by atoms with Gasteiger partial charge in [-0.3, -0.25) is 9.69 Å². The number of nitrogens with zero attached hydrogens (tertiary/aromatic N) is 1. The maximum atomic E-state index is 13.0. The van der Waals surface area contributed by atoms with Crippen molar-refractivity contribution in [2.75, 3.05) is 31.5 Å². The molecule has 0 aromatic heterocycles. The van der Waals surface area contributed by atoms with E-state index in [1.807, 2.05) is 0 Å². The normalized spacial score (nSPS) is 17.4. The minimum absolute atomic E-state index is 0. The molecule has 2 N–H and O–H groups in total. The van der Waals surface area contributed by atoms with Gasteiger partial charge in [0.25, 0.3) is 0 Å². The summed E-state index contributed by atoms with van der Waals surface area (Å²) in [7, 11) is 0. The highest BCUT2D eigenvalue weighted by Crippen LogP contribution is 2.22. The van der Waals surface area contributed by atoms with E-state index in [-0.39, 0.29) is 23.3 Å². The van der Waals surface area contributed by atoms with E-state index in [2.05, 4.69) is 22.5 Å². The zero-order valence-electron chi connectivity index (χ0n) is 12.6. The molecule has 7 heteroatoms. The van der Waals surface area contributed by atoms with E-state index in [9.17, 15) is 9.18 Å². The molecule has 0 saturated carbocycles. The van der Waals surface area contributed by atoms with Crippen molar-refractivity contribution in [2.45, 2.75) is 25.8 Å². The van der Waals surface area contributed by atoms with Gasteiger partial charge in [0.1, 0.15) is 5.82 Å². The van der Waals surface area contributed by atoms with Gasteiger partial charge in [-0.15, -0.1) is 12.4 Å². The SMILES string of the molecule is CCCN(CC(=O)Nc1ccc(F)cc1Cl)C1CCNC1.Cl. The van der Waals surface area contributed by atoms with Gasteiger partial charge in [-0.05, 0) is 44.1 Å². The van der Waals surface area contributed by atoms with Crippen LogP contribution in [0, 0.1) is 5.82 Å². The summed E-state index contributed by atoms with van der Waals surface area (Å²) in [5, 5.41) is 6.28. The second-order valence-corrected chi connectivity index (χ2v) is 5.70. The van der Waals surface area contributed by atoms with Crippen LogP contribution in [0.2, 0.25) is 5.02 Å². The zero-order valence-corrected chi connectivity index (χ0v) is 14.1. The molecule has 1 unspecified atom stereocenters. The van der Waals surface area contributed by atoms with Crippen LogP contribution in [0.5, 0.6) is 0 Å². The van der Waals surface area contributed by atoms with Crippen LogP contribution in [0.25, 0.3) is 0 Å². The summed E-state index contributed by atoms with van der Waals surface area (Å²) < 4.78 is 13.0. The molecule has 0 spiro atoms. The average Bonchev–Trinajstić information content (AvgIpc) is 2.95. The van der Waals surface area contributed by atoms with Crippen molar-refractivity contribution in [1.82, 2.24) is 10.2 Å². The third kappa shape index (κ3) is 5.39. The van der Waals surface area contributed by atoms with E-state index in [4.69, 9.17) is 11.6 Å². The Labute approximate surface area is 141 Å². The highest BCUT2D eigenvalue weighted by atomic mass is 35.5. The Balaban J connectivity index is 0.00000242. The molecule has 1 aliphatic rings. The summed E-state index contributed by atoms with van der Waals surface area (Å²) in [6.45, 7) is 5.23. The van der Waals surface area contributed by atoms with Gasteiger partial charge in [0.05, 0.1) is 17.3 Å². The Hall–Kier alpha value is -0.880. The Morgan fingerprint density at radius 3 is 2.91 bits per heavy atom. The maximum Gasteiger partial charge on any atom is 0.238 e. The molecular weight excluding hydrogens is 328 g/mol. The monoisotopic (exact) mass is 349 g/mol. The minimum atomic E-state index is -0.414. The van der Waals surface area contributed by atoms with Crippen LogP contribution in [-0.4, -0.2) is 43.0 Å². The van der Waals surface area contributed by atoms with E-state index >= 15 is 0 Å². The van der Waals surface area contributed by atoms with Gasteiger partial charge >= 0.3 is 0 Å². The lowest BCUT2D eigenvalue weighted by Crippen LogP contribution is -2.42.